The summed E-state index contributed by atoms with van der Waals surface area (Å²) in [6.45, 7) is 1.47. The smallest absolute Gasteiger partial charge is 0.408 e. The fourth-order valence-corrected chi connectivity index (χ4v) is 3.17. The number of hydrogen-bond acceptors (Lipinski definition) is 9. The van der Waals surface area contributed by atoms with Gasteiger partial charge in [-0.3, -0.25) is 4.79 Å². The fourth-order valence-electron chi connectivity index (χ4n) is 3.17. The van der Waals surface area contributed by atoms with Gasteiger partial charge in [0.05, 0.1) is 0 Å². The van der Waals surface area contributed by atoms with Crippen molar-refractivity contribution in [3.63, 3.8) is 0 Å². The van der Waals surface area contributed by atoms with Crippen LogP contribution in [0.25, 0.3) is 0 Å². The lowest BCUT2D eigenvalue weighted by molar-refractivity contribution is -0.192. The van der Waals surface area contributed by atoms with Crippen LogP contribution < -0.4 is 14.2 Å². The molecule has 0 saturated carbocycles. The number of hydrogen-bond donors (Lipinski definition) is 1. The van der Waals surface area contributed by atoms with Crippen molar-refractivity contribution in [1.29, 1.82) is 0 Å². The van der Waals surface area contributed by atoms with Gasteiger partial charge in [-0.15, -0.1) is 6.42 Å². The molecule has 2 aromatic carbocycles. The Morgan fingerprint density at radius 3 is 2.61 bits per heavy atom. The summed E-state index contributed by atoms with van der Waals surface area (Å²) in [6.07, 6.45) is 2.65. The van der Waals surface area contributed by atoms with E-state index in [1.54, 1.807) is 6.92 Å². The standard InChI is InChI=1S/C24H24O9/c1-5-17(26)13-30-23(27)22(28-4)18-11-19-21(33-24(32-19)31-15(3)25)14(2)20(18)29-12-16-9-7-6-8-10-16/h1,6-11,17,22,24,26H,12-13H2,2-4H3/t17-,22-,24?/m1/s1. The van der Waals surface area contributed by atoms with Crippen LogP contribution in [0.4, 0.5) is 0 Å². The maximum absolute atomic E-state index is 12.7. The predicted octanol–water partition coefficient (Wildman–Crippen LogP) is 2.42. The van der Waals surface area contributed by atoms with Crippen molar-refractivity contribution < 1.29 is 43.1 Å². The highest BCUT2D eigenvalue weighted by Crippen LogP contribution is 2.47. The first-order valence-electron chi connectivity index (χ1n) is 10.0. The van der Waals surface area contributed by atoms with Crippen LogP contribution in [0, 0.1) is 19.3 Å². The van der Waals surface area contributed by atoms with Crippen molar-refractivity contribution in [2.24, 2.45) is 0 Å². The van der Waals surface area contributed by atoms with Crippen LogP contribution >= 0.6 is 0 Å². The summed E-state index contributed by atoms with van der Waals surface area (Å²) in [7, 11) is 1.33. The van der Waals surface area contributed by atoms with Gasteiger partial charge < -0.3 is 33.5 Å². The summed E-state index contributed by atoms with van der Waals surface area (Å²) in [4.78, 5) is 24.0. The Hall–Kier alpha value is -3.74. The van der Waals surface area contributed by atoms with Gasteiger partial charge >= 0.3 is 18.4 Å². The zero-order valence-corrected chi connectivity index (χ0v) is 18.4. The molecule has 1 N–H and O–H groups in total. The first-order chi connectivity index (χ1) is 15.8. The molecule has 9 nitrogen and oxygen atoms in total. The molecule has 0 radical (unpaired) electrons. The summed E-state index contributed by atoms with van der Waals surface area (Å²) < 4.78 is 32.7. The third-order valence-electron chi connectivity index (χ3n) is 4.69. The molecule has 1 aliphatic heterocycles. The highest BCUT2D eigenvalue weighted by molar-refractivity contribution is 5.79. The third-order valence-corrected chi connectivity index (χ3v) is 4.69. The number of aliphatic hydroxyl groups excluding tert-OH is 1. The molecule has 3 atom stereocenters. The molecule has 1 heterocycles. The average Bonchev–Trinajstić information content (AvgIpc) is 3.20. The Labute approximate surface area is 191 Å². The van der Waals surface area contributed by atoms with Crippen molar-refractivity contribution in [3.05, 3.63) is 53.1 Å². The Morgan fingerprint density at radius 2 is 1.97 bits per heavy atom. The van der Waals surface area contributed by atoms with Crippen LogP contribution in [0.1, 0.15) is 29.7 Å². The molecule has 33 heavy (non-hydrogen) atoms. The molecule has 1 aliphatic rings. The van der Waals surface area contributed by atoms with E-state index in [9.17, 15) is 14.7 Å². The van der Waals surface area contributed by atoms with E-state index in [2.05, 4.69) is 5.92 Å². The molecule has 0 bridgehead atoms. The number of rotatable bonds is 9. The van der Waals surface area contributed by atoms with Gasteiger partial charge in [0.1, 0.15) is 25.1 Å². The van der Waals surface area contributed by atoms with E-state index in [1.165, 1.54) is 20.1 Å². The maximum atomic E-state index is 12.7. The van der Waals surface area contributed by atoms with Crippen LogP contribution in [-0.4, -0.2) is 43.3 Å². The fraction of sp³-hybridized carbons (Fsp3) is 0.333. The summed E-state index contributed by atoms with van der Waals surface area (Å²) >= 11 is 0. The van der Waals surface area contributed by atoms with Crippen molar-refractivity contribution in [1.82, 2.24) is 0 Å². The Bertz CT molecular complexity index is 1040. The number of methoxy groups -OCH3 is 1. The second-order valence-corrected chi connectivity index (χ2v) is 7.08. The third kappa shape index (κ3) is 5.74. The zero-order valence-electron chi connectivity index (χ0n) is 18.4. The zero-order chi connectivity index (χ0) is 24.0. The lowest BCUT2D eigenvalue weighted by Gasteiger charge is -2.21. The van der Waals surface area contributed by atoms with E-state index in [-0.39, 0.29) is 12.4 Å². The molecule has 1 unspecified atom stereocenters. The number of terminal acetylenes is 1. The predicted molar refractivity (Wildman–Crippen MR) is 114 cm³/mol. The highest BCUT2D eigenvalue weighted by atomic mass is 16.9. The van der Waals surface area contributed by atoms with Crippen LogP contribution in [0.15, 0.2) is 36.4 Å². The van der Waals surface area contributed by atoms with Crippen molar-refractivity contribution in [2.45, 2.75) is 39.1 Å². The van der Waals surface area contributed by atoms with Gasteiger partial charge in [-0.2, -0.15) is 0 Å². The largest absolute Gasteiger partial charge is 0.488 e. The van der Waals surface area contributed by atoms with Crippen molar-refractivity contribution in [3.8, 4) is 29.6 Å². The van der Waals surface area contributed by atoms with Gasteiger partial charge in [0.15, 0.2) is 17.6 Å². The number of esters is 2. The number of aliphatic hydroxyl groups is 1. The van der Waals surface area contributed by atoms with E-state index in [1.807, 2.05) is 30.3 Å². The van der Waals surface area contributed by atoms with Gasteiger partial charge in [0.2, 0.25) is 0 Å². The summed E-state index contributed by atoms with van der Waals surface area (Å²) in [5.74, 6) is 1.54. The van der Waals surface area contributed by atoms with Crippen molar-refractivity contribution >= 4 is 11.9 Å². The first kappa shape index (κ1) is 23.9. The summed E-state index contributed by atoms with van der Waals surface area (Å²) in [5, 5.41) is 9.51. The number of carbonyl (C=O) groups is 2. The molecule has 0 spiro atoms. The normalized spacial score (nSPS) is 15.8. The molecule has 0 aliphatic carbocycles. The van der Waals surface area contributed by atoms with Crippen molar-refractivity contribution in [2.75, 3.05) is 13.7 Å². The molecule has 0 amide bonds. The van der Waals surface area contributed by atoms with Gasteiger partial charge in [0, 0.05) is 25.2 Å². The second-order valence-electron chi connectivity index (χ2n) is 7.08. The van der Waals surface area contributed by atoms with Crippen LogP contribution in [-0.2, 0) is 30.4 Å². The van der Waals surface area contributed by atoms with Gasteiger partial charge in [-0.05, 0) is 18.6 Å². The minimum Gasteiger partial charge on any atom is -0.488 e. The molecule has 0 aromatic heterocycles. The molecule has 3 rings (SSSR count). The topological polar surface area (TPSA) is 110 Å². The van der Waals surface area contributed by atoms with Gasteiger partial charge in [0.25, 0.3) is 0 Å². The lowest BCUT2D eigenvalue weighted by Crippen LogP contribution is -2.24. The molecule has 0 fully saturated rings. The molecular weight excluding hydrogens is 432 g/mol. The maximum Gasteiger partial charge on any atom is 0.408 e. The Kier molecular flexibility index (Phi) is 7.77. The van der Waals surface area contributed by atoms with E-state index < -0.39 is 37.2 Å². The first-order valence-corrected chi connectivity index (χ1v) is 10.0. The molecule has 9 heteroatoms. The molecule has 0 saturated heterocycles. The highest BCUT2D eigenvalue weighted by Gasteiger charge is 2.35. The van der Waals surface area contributed by atoms with Gasteiger partial charge in [-0.1, -0.05) is 36.3 Å². The molecule has 174 valence electrons. The van der Waals surface area contributed by atoms with E-state index in [0.29, 0.717) is 22.6 Å². The Morgan fingerprint density at radius 1 is 1.24 bits per heavy atom. The molecule has 2 aromatic rings. The lowest BCUT2D eigenvalue weighted by atomic mass is 10.0. The number of ether oxygens (including phenoxy) is 6. The number of benzene rings is 2. The summed E-state index contributed by atoms with van der Waals surface area (Å²) in [5.41, 5.74) is 1.70. The number of carbonyl (C=O) groups excluding carboxylic acids is 2. The average molecular weight is 456 g/mol. The van der Waals surface area contributed by atoms with Gasteiger partial charge in [-0.25, -0.2) is 4.79 Å². The van der Waals surface area contributed by atoms with Crippen LogP contribution in [0.3, 0.4) is 0 Å². The number of fused-ring (bicyclic) bond motifs is 1. The quantitative estimate of drug-likeness (QED) is 0.449. The van der Waals surface area contributed by atoms with Crippen LogP contribution in [0.2, 0.25) is 0 Å². The van der Waals surface area contributed by atoms with E-state index in [4.69, 9.17) is 34.8 Å². The second kappa shape index (κ2) is 10.7. The Balaban J connectivity index is 1.95. The monoisotopic (exact) mass is 456 g/mol. The van der Waals surface area contributed by atoms with E-state index in [0.717, 1.165) is 5.56 Å². The minimum absolute atomic E-state index is 0.197. The molecular formula is C24H24O9. The minimum atomic E-state index is -1.27. The summed E-state index contributed by atoms with van der Waals surface area (Å²) in [6, 6.07) is 10.9. The SMILES string of the molecule is C#C[C@@H](O)COC(=O)[C@H](OC)c1cc2c(c(C)c1OCc1ccccc1)OC(OC(C)=O)O2. The van der Waals surface area contributed by atoms with E-state index >= 15 is 0 Å². The van der Waals surface area contributed by atoms with Crippen LogP contribution in [0.5, 0.6) is 17.2 Å².